The molecule has 21 heavy (non-hydrogen) atoms. The van der Waals surface area contributed by atoms with E-state index >= 15 is 0 Å². The average molecular weight is 307 g/mol. The van der Waals surface area contributed by atoms with Crippen molar-refractivity contribution in [2.24, 2.45) is 0 Å². The van der Waals surface area contributed by atoms with E-state index in [2.05, 4.69) is 31.3 Å². The first-order valence-corrected chi connectivity index (χ1v) is 7.99. The molecule has 0 fully saturated rings. The van der Waals surface area contributed by atoms with Gasteiger partial charge < -0.3 is 5.32 Å². The van der Waals surface area contributed by atoms with Gasteiger partial charge in [-0.2, -0.15) is 0 Å². The second-order valence-electron chi connectivity index (χ2n) is 4.85. The van der Waals surface area contributed by atoms with Crippen molar-refractivity contribution < 1.29 is 8.78 Å². The molecule has 0 spiro atoms. The van der Waals surface area contributed by atoms with E-state index in [1.165, 1.54) is 23.4 Å². The largest absolute Gasteiger partial charge is 0.310 e. The van der Waals surface area contributed by atoms with Gasteiger partial charge in [0.05, 0.1) is 0 Å². The molecule has 0 aliphatic rings. The molecule has 0 aromatic heterocycles. The zero-order valence-corrected chi connectivity index (χ0v) is 13.0. The number of benzene rings is 2. The van der Waals surface area contributed by atoms with Gasteiger partial charge in [-0.25, -0.2) is 8.78 Å². The van der Waals surface area contributed by atoms with E-state index in [4.69, 9.17) is 0 Å². The normalized spacial score (nSPS) is 12.4. The lowest BCUT2D eigenvalue weighted by atomic mass is 10.1. The summed E-state index contributed by atoms with van der Waals surface area (Å²) >= 11 is 1.50. The van der Waals surface area contributed by atoms with Crippen LogP contribution < -0.4 is 5.32 Å². The molecule has 0 heterocycles. The van der Waals surface area contributed by atoms with Gasteiger partial charge in [-0.1, -0.05) is 31.2 Å². The van der Waals surface area contributed by atoms with Crippen LogP contribution in [0.4, 0.5) is 8.78 Å². The topological polar surface area (TPSA) is 12.0 Å². The third kappa shape index (κ3) is 4.29. The van der Waals surface area contributed by atoms with Crippen LogP contribution in [-0.4, -0.2) is 6.54 Å². The molecule has 0 radical (unpaired) electrons. The Bertz CT molecular complexity index is 584. The third-order valence-corrected chi connectivity index (χ3v) is 4.38. The summed E-state index contributed by atoms with van der Waals surface area (Å²) in [5.41, 5.74) is 1.61. The van der Waals surface area contributed by atoms with E-state index in [0.717, 1.165) is 17.5 Å². The van der Waals surface area contributed by atoms with E-state index in [0.29, 0.717) is 17.4 Å². The highest BCUT2D eigenvalue weighted by molar-refractivity contribution is 7.98. The van der Waals surface area contributed by atoms with Crippen LogP contribution in [0.3, 0.4) is 0 Å². The summed E-state index contributed by atoms with van der Waals surface area (Å²) in [5.74, 6) is -1.11. The molecule has 4 heteroatoms. The Kier molecular flexibility index (Phi) is 5.76. The fourth-order valence-corrected chi connectivity index (χ4v) is 2.97. The molecule has 0 saturated heterocycles. The Morgan fingerprint density at radius 3 is 2.48 bits per heavy atom. The van der Waals surface area contributed by atoms with Gasteiger partial charge in [-0.3, -0.25) is 0 Å². The van der Waals surface area contributed by atoms with Gasteiger partial charge in [0, 0.05) is 22.3 Å². The standard InChI is InChI=1S/C17H19F2NS/c1-3-20-12(2)13-7-9-15(10-8-13)21-11-14-5-4-6-16(18)17(14)19/h4-10,12,20H,3,11H2,1-2H3. The minimum Gasteiger partial charge on any atom is -0.310 e. The molecule has 0 bridgehead atoms. The molecule has 2 rings (SSSR count). The second-order valence-corrected chi connectivity index (χ2v) is 5.90. The summed E-state index contributed by atoms with van der Waals surface area (Å²) < 4.78 is 26.7. The Balaban J connectivity index is 1.99. The van der Waals surface area contributed by atoms with Gasteiger partial charge >= 0.3 is 0 Å². The summed E-state index contributed by atoms with van der Waals surface area (Å²) in [5, 5.41) is 3.35. The van der Waals surface area contributed by atoms with Crippen molar-refractivity contribution in [1.29, 1.82) is 0 Å². The van der Waals surface area contributed by atoms with E-state index in [1.807, 2.05) is 12.1 Å². The van der Waals surface area contributed by atoms with Gasteiger partial charge in [0.25, 0.3) is 0 Å². The van der Waals surface area contributed by atoms with Crippen molar-refractivity contribution in [2.45, 2.75) is 30.5 Å². The molecule has 1 unspecified atom stereocenters. The molecule has 2 aromatic rings. The fraction of sp³-hybridized carbons (Fsp3) is 0.294. The Hall–Kier alpha value is -1.39. The molecule has 1 N–H and O–H groups in total. The van der Waals surface area contributed by atoms with Crippen molar-refractivity contribution in [1.82, 2.24) is 5.32 Å². The number of hydrogen-bond donors (Lipinski definition) is 1. The molecule has 0 saturated carbocycles. The maximum atomic E-state index is 13.6. The molecule has 0 aliphatic carbocycles. The van der Waals surface area contributed by atoms with Crippen molar-refractivity contribution in [3.63, 3.8) is 0 Å². The summed E-state index contributed by atoms with van der Waals surface area (Å²) in [4.78, 5) is 1.05. The minimum atomic E-state index is -0.789. The van der Waals surface area contributed by atoms with Crippen molar-refractivity contribution in [3.8, 4) is 0 Å². The van der Waals surface area contributed by atoms with Gasteiger partial charge in [-0.05, 0) is 37.2 Å². The summed E-state index contributed by atoms with van der Waals surface area (Å²) in [7, 11) is 0. The van der Waals surface area contributed by atoms with Crippen LogP contribution in [0, 0.1) is 11.6 Å². The predicted octanol–water partition coefficient (Wildman–Crippen LogP) is 4.93. The summed E-state index contributed by atoms with van der Waals surface area (Å²) in [6.45, 7) is 5.12. The Morgan fingerprint density at radius 2 is 1.81 bits per heavy atom. The van der Waals surface area contributed by atoms with E-state index in [-0.39, 0.29) is 0 Å². The van der Waals surface area contributed by atoms with Crippen LogP contribution in [0.2, 0.25) is 0 Å². The predicted molar refractivity (Wildman–Crippen MR) is 84.5 cm³/mol. The highest BCUT2D eigenvalue weighted by atomic mass is 32.2. The van der Waals surface area contributed by atoms with E-state index in [9.17, 15) is 8.78 Å². The first-order valence-electron chi connectivity index (χ1n) is 7.01. The first-order chi connectivity index (χ1) is 10.1. The zero-order chi connectivity index (χ0) is 15.2. The molecule has 112 valence electrons. The number of halogens is 2. The molecule has 2 aromatic carbocycles. The van der Waals surface area contributed by atoms with Crippen LogP contribution in [0.15, 0.2) is 47.4 Å². The molecule has 1 atom stereocenters. The molecule has 1 nitrogen and oxygen atoms in total. The first kappa shape index (κ1) is 16.0. The number of rotatable bonds is 6. The quantitative estimate of drug-likeness (QED) is 0.760. The van der Waals surface area contributed by atoms with Gasteiger partial charge in [0.1, 0.15) is 0 Å². The maximum Gasteiger partial charge on any atom is 0.162 e. The van der Waals surface area contributed by atoms with Crippen molar-refractivity contribution in [3.05, 3.63) is 65.2 Å². The smallest absolute Gasteiger partial charge is 0.162 e. The maximum absolute atomic E-state index is 13.6. The molecular weight excluding hydrogens is 288 g/mol. The zero-order valence-electron chi connectivity index (χ0n) is 12.2. The molecular formula is C17H19F2NS. The van der Waals surface area contributed by atoms with Crippen LogP contribution in [-0.2, 0) is 5.75 Å². The van der Waals surface area contributed by atoms with Gasteiger partial charge in [0.2, 0.25) is 0 Å². The highest BCUT2D eigenvalue weighted by Gasteiger charge is 2.08. The van der Waals surface area contributed by atoms with Crippen LogP contribution in [0.1, 0.15) is 31.0 Å². The summed E-state index contributed by atoms with van der Waals surface area (Å²) in [6, 6.07) is 12.8. The van der Waals surface area contributed by atoms with Gasteiger partial charge in [0.15, 0.2) is 11.6 Å². The Morgan fingerprint density at radius 1 is 1.10 bits per heavy atom. The van der Waals surface area contributed by atoms with Gasteiger partial charge in [-0.15, -0.1) is 11.8 Å². The van der Waals surface area contributed by atoms with E-state index < -0.39 is 11.6 Å². The minimum absolute atomic E-state index is 0.315. The number of thioether (sulfide) groups is 1. The lowest BCUT2D eigenvalue weighted by molar-refractivity contribution is 0.502. The fourth-order valence-electron chi connectivity index (χ4n) is 2.10. The summed E-state index contributed by atoms with van der Waals surface area (Å²) in [6.07, 6.45) is 0. The van der Waals surface area contributed by atoms with Crippen LogP contribution in [0.25, 0.3) is 0 Å². The van der Waals surface area contributed by atoms with Crippen molar-refractivity contribution >= 4 is 11.8 Å². The average Bonchev–Trinajstić information content (AvgIpc) is 2.49. The molecule has 0 aliphatic heterocycles. The van der Waals surface area contributed by atoms with Crippen LogP contribution >= 0.6 is 11.8 Å². The van der Waals surface area contributed by atoms with Crippen LogP contribution in [0.5, 0.6) is 0 Å². The molecule has 0 amide bonds. The Labute approximate surface area is 128 Å². The monoisotopic (exact) mass is 307 g/mol. The lowest BCUT2D eigenvalue weighted by Gasteiger charge is -2.13. The van der Waals surface area contributed by atoms with E-state index in [1.54, 1.807) is 6.07 Å². The third-order valence-electron chi connectivity index (χ3n) is 3.32. The van der Waals surface area contributed by atoms with Crippen molar-refractivity contribution in [2.75, 3.05) is 6.54 Å². The number of nitrogens with one attached hydrogen (secondary N) is 1. The second kappa shape index (κ2) is 7.57. The lowest BCUT2D eigenvalue weighted by Crippen LogP contribution is -2.17. The highest BCUT2D eigenvalue weighted by Crippen LogP contribution is 2.26. The number of hydrogen-bond acceptors (Lipinski definition) is 2. The SMILES string of the molecule is CCNC(C)c1ccc(SCc2cccc(F)c2F)cc1.